The molecule has 11 rings (SSSR count). The molecule has 8 bridgehead atoms. The minimum Gasteiger partial charge on any atom is -0.451 e. The van der Waals surface area contributed by atoms with Gasteiger partial charge in [-0.05, 0) is 160 Å². The van der Waals surface area contributed by atoms with Crippen LogP contribution in [0.25, 0.3) is 0 Å². The largest absolute Gasteiger partial charge is 0.451 e. The van der Waals surface area contributed by atoms with Gasteiger partial charge in [-0.1, -0.05) is 44.0 Å². The molecule has 0 unspecified atom stereocenters. The third-order valence-corrected chi connectivity index (χ3v) is 13.7. The molecule has 4 nitrogen and oxygen atoms in total. The molecule has 0 amide bonds. The van der Waals surface area contributed by atoms with E-state index >= 15 is 0 Å². The van der Waals surface area contributed by atoms with Crippen LogP contribution in [-0.2, 0) is 10.8 Å². The van der Waals surface area contributed by atoms with E-state index in [2.05, 4.69) is 44.0 Å². The topological polar surface area (TPSA) is 70.5 Å². The van der Waals surface area contributed by atoms with Crippen LogP contribution in [0.1, 0.15) is 88.2 Å². The van der Waals surface area contributed by atoms with Gasteiger partial charge < -0.3 is 20.9 Å². The lowest BCUT2D eigenvalue weighted by Gasteiger charge is -2.58. The highest BCUT2D eigenvalue weighted by Crippen LogP contribution is 2.66. The van der Waals surface area contributed by atoms with E-state index in [4.69, 9.17) is 20.9 Å². The molecule has 8 fully saturated rings. The predicted octanol–water partition coefficient (Wildman–Crippen LogP) is 10.9. The zero-order valence-electron chi connectivity index (χ0n) is 25.3. The molecule has 8 aliphatic rings. The second-order valence-electron chi connectivity index (χ2n) is 15.8. The van der Waals surface area contributed by atoms with Gasteiger partial charge in [-0.15, -0.1) is 0 Å². The summed E-state index contributed by atoms with van der Waals surface area (Å²) in [4.78, 5) is 0. The van der Waals surface area contributed by atoms with Crippen molar-refractivity contribution in [2.24, 2.45) is 35.5 Å². The van der Waals surface area contributed by atoms with Crippen molar-refractivity contribution < 1.29 is 9.47 Å². The fourth-order valence-electron chi connectivity index (χ4n) is 11.9. The van der Waals surface area contributed by atoms with Crippen LogP contribution in [-0.4, -0.2) is 0 Å². The quantitative estimate of drug-likeness (QED) is 0.249. The molecule has 8 aliphatic carbocycles. The maximum atomic E-state index is 7.13. The highest BCUT2D eigenvalue weighted by molar-refractivity contribution is 9.10. The number of hydrogen-bond donors (Lipinski definition) is 2. The van der Waals surface area contributed by atoms with Gasteiger partial charge in [0.2, 0.25) is 0 Å². The first-order valence-corrected chi connectivity index (χ1v) is 18.5. The zero-order valence-corrected chi connectivity index (χ0v) is 28.5. The van der Waals surface area contributed by atoms with Crippen LogP contribution >= 0.6 is 31.9 Å². The Morgan fingerprint density at radius 1 is 0.500 bits per heavy atom. The number of anilines is 2. The van der Waals surface area contributed by atoms with Crippen LogP contribution in [0.5, 0.6) is 23.0 Å². The molecule has 3 aromatic carbocycles. The van der Waals surface area contributed by atoms with Gasteiger partial charge in [-0.3, -0.25) is 0 Å². The number of ether oxygens (including phenoxy) is 2. The van der Waals surface area contributed by atoms with Crippen LogP contribution < -0.4 is 20.9 Å². The summed E-state index contributed by atoms with van der Waals surface area (Å²) in [6.45, 7) is 0. The summed E-state index contributed by atoms with van der Waals surface area (Å²) in [5.74, 6) is 8.08. The highest BCUT2D eigenvalue weighted by Gasteiger charge is 2.55. The lowest BCUT2D eigenvalue weighted by atomic mass is 9.47. The Bertz CT molecular complexity index is 1460. The molecule has 230 valence electrons. The van der Waals surface area contributed by atoms with Crippen molar-refractivity contribution >= 4 is 43.2 Å². The highest BCUT2D eigenvalue weighted by atomic mass is 79.9. The Labute approximate surface area is 277 Å². The smallest absolute Gasteiger partial charge is 0.174 e. The van der Waals surface area contributed by atoms with Crippen molar-refractivity contribution in [3.05, 3.63) is 68.6 Å². The average molecular weight is 719 g/mol. The SMILES string of the molecule is Nc1cc(Br)ccc1Oc1c(C23CC4CC(CC(C4)C2)C3)ccc(C23CC4CC(CC(C4)C2)C3)c1Oc1ccc(Br)cc1N. The fourth-order valence-corrected chi connectivity index (χ4v) is 12.7. The Balaban J connectivity index is 1.27. The summed E-state index contributed by atoms with van der Waals surface area (Å²) in [6, 6.07) is 16.9. The van der Waals surface area contributed by atoms with Crippen molar-refractivity contribution in [2.75, 3.05) is 11.5 Å². The maximum absolute atomic E-state index is 7.13. The number of benzene rings is 3. The van der Waals surface area contributed by atoms with Gasteiger partial charge in [-0.2, -0.15) is 0 Å². The van der Waals surface area contributed by atoms with Gasteiger partial charge in [-0.25, -0.2) is 0 Å². The van der Waals surface area contributed by atoms with Gasteiger partial charge in [0.15, 0.2) is 23.0 Å². The summed E-state index contributed by atoms with van der Waals surface area (Å²) in [7, 11) is 0. The molecule has 0 aromatic heterocycles. The van der Waals surface area contributed by atoms with Crippen LogP contribution in [0.2, 0.25) is 0 Å². The van der Waals surface area contributed by atoms with E-state index in [0.717, 1.165) is 56.0 Å². The van der Waals surface area contributed by atoms with Crippen LogP contribution in [0.15, 0.2) is 57.5 Å². The number of hydrogen-bond acceptors (Lipinski definition) is 4. The average Bonchev–Trinajstić information content (AvgIpc) is 2.95. The van der Waals surface area contributed by atoms with E-state index in [1.165, 1.54) is 88.2 Å². The molecular formula is C38H42Br2N2O2. The van der Waals surface area contributed by atoms with E-state index in [1.54, 1.807) is 0 Å². The molecule has 4 N–H and O–H groups in total. The second-order valence-corrected chi connectivity index (χ2v) is 17.6. The third-order valence-electron chi connectivity index (χ3n) is 12.7. The minimum atomic E-state index is 0.123. The summed E-state index contributed by atoms with van der Waals surface area (Å²) < 4.78 is 16.2. The molecule has 0 saturated heterocycles. The predicted molar refractivity (Wildman–Crippen MR) is 183 cm³/mol. The van der Waals surface area contributed by atoms with Crippen LogP contribution in [0.4, 0.5) is 11.4 Å². The molecule has 0 radical (unpaired) electrons. The van der Waals surface area contributed by atoms with Gasteiger partial charge in [0.1, 0.15) is 0 Å². The summed E-state index contributed by atoms with van der Waals surface area (Å²) >= 11 is 7.20. The zero-order chi connectivity index (χ0) is 29.8. The van der Waals surface area contributed by atoms with E-state index in [-0.39, 0.29) is 10.8 Å². The van der Waals surface area contributed by atoms with Gasteiger partial charge in [0.05, 0.1) is 11.4 Å². The first-order valence-electron chi connectivity index (χ1n) is 16.9. The molecule has 0 atom stereocenters. The van der Waals surface area contributed by atoms with E-state index in [1.807, 2.05) is 36.4 Å². The summed E-state index contributed by atoms with van der Waals surface area (Å²) in [5, 5.41) is 0. The van der Waals surface area contributed by atoms with E-state index in [0.29, 0.717) is 22.9 Å². The molecule has 3 aromatic rings. The molecule has 8 saturated carbocycles. The number of halogens is 2. The molecule has 0 heterocycles. The molecule has 6 heteroatoms. The maximum Gasteiger partial charge on any atom is 0.174 e. The number of nitrogens with two attached hydrogens (primary N) is 2. The third kappa shape index (κ3) is 4.55. The van der Waals surface area contributed by atoms with E-state index < -0.39 is 0 Å². The monoisotopic (exact) mass is 716 g/mol. The lowest BCUT2D eigenvalue weighted by molar-refractivity contribution is -0.00832. The molecule has 44 heavy (non-hydrogen) atoms. The van der Waals surface area contributed by atoms with Crippen molar-refractivity contribution in [3.63, 3.8) is 0 Å². The minimum absolute atomic E-state index is 0.123. The molecule has 0 spiro atoms. The Morgan fingerprint density at radius 3 is 1.11 bits per heavy atom. The molecule has 0 aliphatic heterocycles. The lowest BCUT2D eigenvalue weighted by Crippen LogP contribution is -2.49. The van der Waals surface area contributed by atoms with Crippen LogP contribution in [0, 0.1) is 35.5 Å². The number of rotatable bonds is 6. The summed E-state index contributed by atoms with van der Waals surface area (Å²) in [5.41, 5.74) is 17.4. The molecular weight excluding hydrogens is 676 g/mol. The van der Waals surface area contributed by atoms with Crippen LogP contribution in [0.3, 0.4) is 0 Å². The van der Waals surface area contributed by atoms with Gasteiger partial charge >= 0.3 is 0 Å². The first kappa shape index (κ1) is 28.1. The summed E-state index contributed by atoms with van der Waals surface area (Å²) in [6.07, 6.45) is 15.9. The first-order chi connectivity index (χ1) is 21.2. The van der Waals surface area contributed by atoms with Crippen molar-refractivity contribution in [1.82, 2.24) is 0 Å². The normalized spacial score (nSPS) is 36.1. The van der Waals surface area contributed by atoms with Crippen molar-refractivity contribution in [2.45, 2.75) is 87.9 Å². The number of nitrogen functional groups attached to an aromatic ring is 2. The van der Waals surface area contributed by atoms with Gasteiger partial charge in [0.25, 0.3) is 0 Å². The second kappa shape index (κ2) is 10.2. The fraction of sp³-hybridized carbons (Fsp3) is 0.526. The van der Waals surface area contributed by atoms with E-state index in [9.17, 15) is 0 Å². The Kier molecular flexibility index (Phi) is 6.48. The van der Waals surface area contributed by atoms with Gasteiger partial charge in [0, 0.05) is 20.1 Å². The standard InChI is InChI=1S/C38H42Br2N2O2/c39-27-1-5-33(31(41)13-27)43-35-29(37-15-21-7-22(16-37)9-23(8-21)17-37)3-4-30(36(35)44-34-6-2-28(40)14-32(34)42)38-18-24-10-25(19-38)12-26(11-24)20-38/h1-6,13-14,21-26H,7-12,15-20,41-42H2. The van der Waals surface area contributed by atoms with Crippen molar-refractivity contribution in [3.8, 4) is 23.0 Å². The Hall–Kier alpha value is -2.18. The Morgan fingerprint density at radius 2 is 0.818 bits per heavy atom. The van der Waals surface area contributed by atoms with Crippen molar-refractivity contribution in [1.29, 1.82) is 0 Å².